The van der Waals surface area contributed by atoms with Crippen molar-refractivity contribution in [2.45, 2.75) is 32.6 Å². The van der Waals surface area contributed by atoms with Crippen LogP contribution in [0.1, 0.15) is 41.0 Å². The number of nitrogens with zero attached hydrogens (tertiary/aromatic N) is 4. The van der Waals surface area contributed by atoms with Gasteiger partial charge in [-0.15, -0.1) is 0 Å². The predicted octanol–water partition coefficient (Wildman–Crippen LogP) is 5.03. The van der Waals surface area contributed by atoms with E-state index in [9.17, 15) is 9.59 Å². The molecule has 1 aliphatic heterocycles. The molecule has 3 amide bonds. The molecule has 0 aliphatic carbocycles. The Morgan fingerprint density at radius 2 is 1.85 bits per heavy atom. The van der Waals surface area contributed by atoms with Gasteiger partial charge in [0.1, 0.15) is 0 Å². The van der Waals surface area contributed by atoms with Crippen LogP contribution in [0.2, 0.25) is 5.02 Å². The molecule has 2 aromatic carbocycles. The van der Waals surface area contributed by atoms with Crippen LogP contribution in [-0.4, -0.2) is 58.6 Å². The van der Waals surface area contributed by atoms with Crippen molar-refractivity contribution in [3.05, 3.63) is 64.4 Å². The average molecular weight is 482 g/mol. The quantitative estimate of drug-likeness (QED) is 0.533. The largest absolute Gasteiger partial charge is 0.339 e. The Hall–Kier alpha value is -3.39. The number of amides is 3. The summed E-state index contributed by atoms with van der Waals surface area (Å²) in [6.45, 7) is 3.95. The number of aromatic nitrogens is 2. The molecule has 3 aromatic rings. The molecule has 8 nitrogen and oxygen atoms in total. The number of hydrogen-bond acceptors (Lipinski definition) is 5. The first-order chi connectivity index (χ1) is 16.4. The molecular weight excluding hydrogens is 454 g/mol. The Balaban J connectivity index is 1.32. The Kier molecular flexibility index (Phi) is 7.47. The van der Waals surface area contributed by atoms with Crippen LogP contribution in [0.25, 0.3) is 11.5 Å². The monoisotopic (exact) mass is 481 g/mol. The summed E-state index contributed by atoms with van der Waals surface area (Å²) in [4.78, 5) is 33.0. The van der Waals surface area contributed by atoms with Crippen molar-refractivity contribution in [2.24, 2.45) is 0 Å². The Morgan fingerprint density at radius 1 is 1.12 bits per heavy atom. The van der Waals surface area contributed by atoms with Crippen molar-refractivity contribution in [1.29, 1.82) is 0 Å². The van der Waals surface area contributed by atoms with Crippen LogP contribution in [-0.2, 0) is 6.42 Å². The summed E-state index contributed by atoms with van der Waals surface area (Å²) in [6.07, 6.45) is 3.75. The lowest BCUT2D eigenvalue weighted by molar-refractivity contribution is 0.0724. The summed E-state index contributed by atoms with van der Waals surface area (Å²) in [5.41, 5.74) is 3.01. The average Bonchev–Trinajstić information content (AvgIpc) is 3.34. The first-order valence-electron chi connectivity index (χ1n) is 11.4. The number of anilines is 1. The molecule has 1 fully saturated rings. The molecule has 0 saturated carbocycles. The van der Waals surface area contributed by atoms with Crippen LogP contribution in [0.15, 0.2) is 47.0 Å². The molecule has 1 saturated heterocycles. The maximum Gasteiger partial charge on any atom is 0.321 e. The third-order valence-corrected chi connectivity index (χ3v) is 6.18. The molecule has 0 atom stereocenters. The van der Waals surface area contributed by atoms with E-state index in [1.807, 2.05) is 30.0 Å². The van der Waals surface area contributed by atoms with Crippen molar-refractivity contribution in [3.8, 4) is 11.5 Å². The molecule has 34 heavy (non-hydrogen) atoms. The maximum atomic E-state index is 12.6. The first-order valence-corrected chi connectivity index (χ1v) is 11.8. The Bertz CT molecular complexity index is 1160. The molecule has 178 valence electrons. The van der Waals surface area contributed by atoms with E-state index < -0.39 is 0 Å². The highest BCUT2D eigenvalue weighted by Gasteiger charge is 2.19. The summed E-state index contributed by atoms with van der Waals surface area (Å²) in [5.74, 6) is 0.947. The van der Waals surface area contributed by atoms with Crippen LogP contribution >= 0.6 is 11.6 Å². The summed E-state index contributed by atoms with van der Waals surface area (Å²) in [5, 5.41) is 7.45. The number of likely N-dealkylation sites (N-methyl/N-ethyl adjacent to an activating group) is 1. The van der Waals surface area contributed by atoms with E-state index in [0.29, 0.717) is 41.0 Å². The molecule has 1 N–H and O–H groups in total. The van der Waals surface area contributed by atoms with Crippen molar-refractivity contribution >= 4 is 29.2 Å². The second-order valence-corrected chi connectivity index (χ2v) is 8.94. The van der Waals surface area contributed by atoms with E-state index in [0.717, 1.165) is 37.1 Å². The van der Waals surface area contributed by atoms with Gasteiger partial charge >= 0.3 is 6.03 Å². The zero-order valence-corrected chi connectivity index (χ0v) is 20.1. The molecule has 0 bridgehead atoms. The van der Waals surface area contributed by atoms with Crippen LogP contribution in [0.4, 0.5) is 10.5 Å². The highest BCUT2D eigenvalue weighted by Crippen LogP contribution is 2.21. The standard InChI is InChI=1S/C25H28ClN5O3/c1-17-6-11-20(26)16-21(17)27-25(33)30(2)15-12-22-28-23(34-29-22)18-7-9-19(10-8-18)24(32)31-13-4-3-5-14-31/h6-11,16H,3-5,12-15H2,1-2H3,(H,27,33). The van der Waals surface area contributed by atoms with Crippen molar-refractivity contribution in [1.82, 2.24) is 19.9 Å². The van der Waals surface area contributed by atoms with Gasteiger partial charge in [0.05, 0.1) is 0 Å². The van der Waals surface area contributed by atoms with Gasteiger partial charge in [0.15, 0.2) is 5.82 Å². The van der Waals surface area contributed by atoms with E-state index >= 15 is 0 Å². The molecule has 4 rings (SSSR count). The lowest BCUT2D eigenvalue weighted by Gasteiger charge is -2.26. The van der Waals surface area contributed by atoms with Gasteiger partial charge < -0.3 is 19.6 Å². The summed E-state index contributed by atoms with van der Waals surface area (Å²) in [7, 11) is 1.70. The number of piperidine rings is 1. The molecule has 0 unspecified atom stereocenters. The maximum absolute atomic E-state index is 12.6. The van der Waals surface area contributed by atoms with E-state index in [1.54, 1.807) is 36.2 Å². The number of likely N-dealkylation sites (tertiary alicyclic amines) is 1. The fourth-order valence-corrected chi connectivity index (χ4v) is 3.99. The minimum absolute atomic E-state index is 0.0618. The van der Waals surface area contributed by atoms with Gasteiger partial charge in [0.2, 0.25) is 0 Å². The van der Waals surface area contributed by atoms with Crippen LogP contribution in [0.3, 0.4) is 0 Å². The fourth-order valence-electron chi connectivity index (χ4n) is 3.82. The normalized spacial score (nSPS) is 13.6. The first kappa shape index (κ1) is 23.8. The van der Waals surface area contributed by atoms with Crippen LogP contribution < -0.4 is 5.32 Å². The molecule has 0 spiro atoms. The van der Waals surface area contributed by atoms with E-state index in [2.05, 4.69) is 15.5 Å². The Morgan fingerprint density at radius 3 is 2.59 bits per heavy atom. The minimum Gasteiger partial charge on any atom is -0.339 e. The second-order valence-electron chi connectivity index (χ2n) is 8.51. The van der Waals surface area contributed by atoms with Crippen molar-refractivity contribution in [3.63, 3.8) is 0 Å². The third kappa shape index (κ3) is 5.75. The minimum atomic E-state index is -0.247. The van der Waals surface area contributed by atoms with Crippen molar-refractivity contribution in [2.75, 3.05) is 32.0 Å². The van der Waals surface area contributed by atoms with Gasteiger partial charge in [-0.3, -0.25) is 4.79 Å². The predicted molar refractivity (Wildman–Crippen MR) is 131 cm³/mol. The van der Waals surface area contributed by atoms with Gasteiger partial charge in [-0.25, -0.2) is 4.79 Å². The zero-order chi connectivity index (χ0) is 24.1. The highest BCUT2D eigenvalue weighted by molar-refractivity contribution is 6.31. The number of halogens is 1. The highest BCUT2D eigenvalue weighted by atomic mass is 35.5. The van der Waals surface area contributed by atoms with E-state index in [4.69, 9.17) is 16.1 Å². The summed E-state index contributed by atoms with van der Waals surface area (Å²) in [6, 6.07) is 12.3. The van der Waals surface area contributed by atoms with Crippen LogP contribution in [0.5, 0.6) is 0 Å². The smallest absolute Gasteiger partial charge is 0.321 e. The third-order valence-electron chi connectivity index (χ3n) is 5.95. The number of hydrogen-bond donors (Lipinski definition) is 1. The number of rotatable bonds is 6. The molecule has 9 heteroatoms. The number of carbonyl (C=O) groups excluding carboxylic acids is 2. The van der Waals surface area contributed by atoms with E-state index in [-0.39, 0.29) is 11.9 Å². The van der Waals surface area contributed by atoms with Crippen molar-refractivity contribution < 1.29 is 14.1 Å². The molecule has 2 heterocycles. The number of benzene rings is 2. The lowest BCUT2D eigenvalue weighted by Crippen LogP contribution is -2.35. The van der Waals surface area contributed by atoms with Gasteiger partial charge in [-0.2, -0.15) is 4.98 Å². The molecule has 0 radical (unpaired) electrons. The summed E-state index contributed by atoms with van der Waals surface area (Å²) < 4.78 is 5.39. The molecular formula is C25H28ClN5O3. The van der Waals surface area contributed by atoms with E-state index in [1.165, 1.54) is 6.42 Å². The van der Waals surface area contributed by atoms with Crippen LogP contribution in [0, 0.1) is 6.92 Å². The molecule has 1 aromatic heterocycles. The zero-order valence-electron chi connectivity index (χ0n) is 19.4. The van der Waals surface area contributed by atoms with Gasteiger partial charge in [-0.1, -0.05) is 22.8 Å². The molecule has 1 aliphatic rings. The summed E-state index contributed by atoms with van der Waals surface area (Å²) >= 11 is 6.02. The number of urea groups is 1. The number of nitrogens with one attached hydrogen (secondary N) is 1. The number of aryl methyl sites for hydroxylation is 1. The number of carbonyl (C=O) groups is 2. The van der Waals surface area contributed by atoms with Gasteiger partial charge in [-0.05, 0) is 68.1 Å². The lowest BCUT2D eigenvalue weighted by atomic mass is 10.1. The van der Waals surface area contributed by atoms with Gasteiger partial charge in [0, 0.05) is 54.9 Å². The SMILES string of the molecule is Cc1ccc(Cl)cc1NC(=O)N(C)CCc1noc(-c2ccc(C(=O)N3CCCCC3)cc2)n1. The second kappa shape index (κ2) is 10.7. The topological polar surface area (TPSA) is 91.6 Å². The van der Waals surface area contributed by atoms with Gasteiger partial charge in [0.25, 0.3) is 11.8 Å². The fraction of sp³-hybridized carbons (Fsp3) is 0.360. The Labute approximate surface area is 203 Å².